The largest absolute Gasteiger partial charge is 2.00 e. The fraction of sp³-hybridized carbons (Fsp3) is 0.146. The Bertz CT molecular complexity index is 2640. The minimum absolute atomic E-state index is 0. The summed E-state index contributed by atoms with van der Waals surface area (Å²) in [6.45, 7) is 5.19. The molecule has 53 heavy (non-hydrogen) atoms. The van der Waals surface area contributed by atoms with Gasteiger partial charge in [0.25, 0.3) is 0 Å². The van der Waals surface area contributed by atoms with E-state index in [1.54, 1.807) is 18.3 Å². The van der Waals surface area contributed by atoms with Gasteiger partial charge in [-0.3, -0.25) is 0 Å². The van der Waals surface area contributed by atoms with E-state index in [0.717, 1.165) is 55.4 Å². The van der Waals surface area contributed by atoms with E-state index in [9.17, 15) is 0 Å². The average molecular weight is 871 g/mol. The number of para-hydroxylation sites is 3. The van der Waals surface area contributed by atoms with Crippen LogP contribution in [-0.4, -0.2) is 21.8 Å². The quantitative estimate of drug-likeness (QED) is 0.123. The van der Waals surface area contributed by atoms with Crippen molar-refractivity contribution in [2.45, 2.75) is 38.6 Å². The number of fused-ring (bicyclic) bond motifs is 4. The molecule has 0 saturated carbocycles. The standard InChI is InChI=1S/C48H40N4.Pt/c1-34-28-29-49-46(30-34)52-42-23-12-11-22-40(42)41-27-26-38(32-45(41)52)48(35-16-7-5-8-17-35,36-18-9-6-10-19-36)37-20-15-21-39(31-37)50-33-51(47(2,3)4)44-25-14-13-24-43(44)50;/h5-30H,33H2,1-4H3;/q-2;+2/i1D3;. The molecule has 1 aliphatic heterocycles. The van der Waals surface area contributed by atoms with Gasteiger partial charge in [0.1, 0.15) is 5.82 Å². The van der Waals surface area contributed by atoms with Gasteiger partial charge in [-0.2, -0.15) is 36.4 Å². The maximum Gasteiger partial charge on any atom is 2.00 e. The first-order valence-corrected chi connectivity index (χ1v) is 17.8. The van der Waals surface area contributed by atoms with E-state index in [-0.39, 0.29) is 32.2 Å². The van der Waals surface area contributed by atoms with Crippen LogP contribution in [0.15, 0.2) is 158 Å². The Labute approximate surface area is 330 Å². The number of anilines is 3. The summed E-state index contributed by atoms with van der Waals surface area (Å²) in [5.41, 5.74) is 8.46. The Balaban J connectivity index is 0.00000441. The van der Waals surface area contributed by atoms with E-state index >= 15 is 0 Å². The molecule has 0 bridgehead atoms. The molecule has 4 nitrogen and oxygen atoms in total. The third-order valence-corrected chi connectivity index (χ3v) is 10.4. The average Bonchev–Trinajstić information content (AvgIpc) is 3.76. The van der Waals surface area contributed by atoms with Gasteiger partial charge in [-0.15, -0.1) is 22.6 Å². The van der Waals surface area contributed by atoms with E-state index in [1.165, 1.54) is 5.69 Å². The molecule has 0 radical (unpaired) electrons. The molecular weight excluding hydrogens is 828 g/mol. The van der Waals surface area contributed by atoms with Crippen LogP contribution in [0.4, 0.5) is 17.1 Å². The molecule has 1 aliphatic rings. The summed E-state index contributed by atoms with van der Waals surface area (Å²) in [5.74, 6) is 0.530. The minimum atomic E-state index is -2.28. The molecule has 0 spiro atoms. The van der Waals surface area contributed by atoms with Crippen molar-refractivity contribution in [1.29, 1.82) is 0 Å². The van der Waals surface area contributed by atoms with Gasteiger partial charge >= 0.3 is 21.1 Å². The molecule has 9 rings (SSSR count). The van der Waals surface area contributed by atoms with Gasteiger partial charge in [0.05, 0.1) is 18.0 Å². The maximum atomic E-state index is 8.16. The first kappa shape index (κ1) is 31.1. The van der Waals surface area contributed by atoms with Crippen LogP contribution >= 0.6 is 0 Å². The number of hydrogen-bond donors (Lipinski definition) is 0. The smallest absolute Gasteiger partial charge is 0.347 e. The van der Waals surface area contributed by atoms with Crippen LogP contribution < -0.4 is 9.80 Å². The fourth-order valence-corrected chi connectivity index (χ4v) is 8.03. The van der Waals surface area contributed by atoms with Gasteiger partial charge in [-0.05, 0) is 80.0 Å². The summed E-state index contributed by atoms with van der Waals surface area (Å²) < 4.78 is 26.5. The minimum Gasteiger partial charge on any atom is -0.347 e. The molecular formula is C48H40N4Pt. The summed E-state index contributed by atoms with van der Waals surface area (Å²) in [6.07, 6.45) is 1.58. The van der Waals surface area contributed by atoms with E-state index < -0.39 is 12.3 Å². The number of benzene rings is 6. The molecule has 0 unspecified atom stereocenters. The van der Waals surface area contributed by atoms with Gasteiger partial charge in [-0.1, -0.05) is 102 Å². The van der Waals surface area contributed by atoms with Crippen LogP contribution in [0, 0.1) is 19.0 Å². The first-order valence-electron chi connectivity index (χ1n) is 19.3. The van der Waals surface area contributed by atoms with Crippen molar-refractivity contribution in [3.8, 4) is 5.82 Å². The summed E-state index contributed by atoms with van der Waals surface area (Å²) in [7, 11) is 0. The number of aryl methyl sites for hydroxylation is 1. The number of pyridine rings is 1. The van der Waals surface area contributed by atoms with Gasteiger partial charge in [0.15, 0.2) is 0 Å². The predicted molar refractivity (Wildman–Crippen MR) is 215 cm³/mol. The van der Waals surface area contributed by atoms with Crippen LogP contribution in [0.2, 0.25) is 0 Å². The Morgan fingerprint density at radius 1 is 0.642 bits per heavy atom. The summed E-state index contributed by atoms with van der Waals surface area (Å²) in [5, 5.41) is 2.04. The molecule has 262 valence electrons. The first-order chi connectivity index (χ1) is 26.5. The van der Waals surface area contributed by atoms with Crippen molar-refractivity contribution < 1.29 is 25.2 Å². The Morgan fingerprint density at radius 3 is 2.02 bits per heavy atom. The van der Waals surface area contributed by atoms with Crippen molar-refractivity contribution in [2.24, 2.45) is 0 Å². The third kappa shape index (κ3) is 5.68. The molecule has 0 fully saturated rings. The van der Waals surface area contributed by atoms with Crippen molar-refractivity contribution in [3.63, 3.8) is 0 Å². The predicted octanol–water partition coefficient (Wildman–Crippen LogP) is 11.2. The molecule has 2 aromatic heterocycles. The maximum absolute atomic E-state index is 8.16. The van der Waals surface area contributed by atoms with Crippen LogP contribution in [0.5, 0.6) is 0 Å². The van der Waals surface area contributed by atoms with Crippen LogP contribution in [0.3, 0.4) is 0 Å². The van der Waals surface area contributed by atoms with E-state index in [2.05, 4.69) is 170 Å². The molecule has 3 heterocycles. The zero-order valence-electron chi connectivity index (χ0n) is 32.8. The van der Waals surface area contributed by atoms with E-state index in [4.69, 9.17) is 9.10 Å². The van der Waals surface area contributed by atoms with Gasteiger partial charge in [0, 0.05) is 26.8 Å². The second-order valence-electron chi connectivity index (χ2n) is 14.5. The van der Waals surface area contributed by atoms with Gasteiger partial charge in [0.2, 0.25) is 0 Å². The molecule has 5 heteroatoms. The number of hydrogen-bond acceptors (Lipinski definition) is 3. The number of nitrogens with zero attached hydrogens (tertiary/aromatic N) is 4. The Kier molecular flexibility index (Phi) is 7.94. The number of aromatic nitrogens is 2. The van der Waals surface area contributed by atoms with Crippen LogP contribution in [0.1, 0.15) is 52.7 Å². The summed E-state index contributed by atoms with van der Waals surface area (Å²) in [4.78, 5) is 9.54. The van der Waals surface area contributed by atoms with Crippen molar-refractivity contribution >= 4 is 38.9 Å². The summed E-state index contributed by atoms with van der Waals surface area (Å²) in [6, 6.07) is 60.0. The fourth-order valence-electron chi connectivity index (χ4n) is 8.03. The van der Waals surface area contributed by atoms with E-state index in [1.807, 2.05) is 16.7 Å². The zero-order valence-corrected chi connectivity index (χ0v) is 32.1. The van der Waals surface area contributed by atoms with Crippen LogP contribution in [-0.2, 0) is 26.5 Å². The van der Waals surface area contributed by atoms with Crippen molar-refractivity contribution in [1.82, 2.24) is 9.55 Å². The second-order valence-corrected chi connectivity index (χ2v) is 14.5. The zero-order chi connectivity index (χ0) is 38.0. The molecule has 0 amide bonds. The molecule has 0 N–H and O–H groups in total. The molecule has 0 atom stereocenters. The van der Waals surface area contributed by atoms with Crippen molar-refractivity contribution in [3.05, 3.63) is 198 Å². The molecule has 0 saturated heterocycles. The number of rotatable bonds is 6. The van der Waals surface area contributed by atoms with Gasteiger partial charge < -0.3 is 14.4 Å². The van der Waals surface area contributed by atoms with E-state index in [0.29, 0.717) is 12.5 Å². The summed E-state index contributed by atoms with van der Waals surface area (Å²) >= 11 is 0. The van der Waals surface area contributed by atoms with Crippen LogP contribution in [0.25, 0.3) is 27.6 Å². The van der Waals surface area contributed by atoms with Crippen molar-refractivity contribution in [2.75, 3.05) is 16.5 Å². The molecule has 6 aromatic carbocycles. The Hall–Kier alpha value is -5.44. The Morgan fingerprint density at radius 2 is 1.30 bits per heavy atom. The molecule has 0 aliphatic carbocycles. The topological polar surface area (TPSA) is 24.3 Å². The SMILES string of the molecule is [2H]C([2H])([2H])c1ccnc(-n2c3[c-]c(C(c4[c-]c(N5CN(C(C)(C)C)c6ccccc65)ccc4)(c4ccccc4)c4ccccc4)ccc3c3ccccc32)c1.[Pt+2]. The second kappa shape index (κ2) is 13.5. The third-order valence-electron chi connectivity index (χ3n) is 10.4. The normalized spacial score (nSPS) is 14.1. The molecule has 8 aromatic rings. The monoisotopic (exact) mass is 870 g/mol. The van der Waals surface area contributed by atoms with Gasteiger partial charge in [-0.25, -0.2) is 4.98 Å².